The van der Waals surface area contributed by atoms with E-state index in [-0.39, 0.29) is 5.91 Å². The molecule has 0 aromatic heterocycles. The molecular formula is C9H18N2O2. The lowest BCUT2D eigenvalue weighted by molar-refractivity contribution is -0.120. The normalized spacial score (nSPS) is 19.2. The molecule has 13 heavy (non-hydrogen) atoms. The van der Waals surface area contributed by atoms with Gasteiger partial charge in [0.1, 0.15) is 0 Å². The molecule has 1 fully saturated rings. The van der Waals surface area contributed by atoms with Crippen LogP contribution in [0.25, 0.3) is 0 Å². The summed E-state index contributed by atoms with van der Waals surface area (Å²) in [4.78, 5) is 11.0. The number of nitrogens with one attached hydrogen (secondary N) is 2. The zero-order valence-electron chi connectivity index (χ0n) is 8.10. The van der Waals surface area contributed by atoms with Crippen molar-refractivity contribution in [3.8, 4) is 0 Å². The maximum absolute atomic E-state index is 11.0. The molecule has 0 aliphatic heterocycles. The van der Waals surface area contributed by atoms with Crippen LogP contribution in [0, 0.1) is 0 Å². The Morgan fingerprint density at radius 2 is 2.23 bits per heavy atom. The summed E-state index contributed by atoms with van der Waals surface area (Å²) < 4.78 is 0. The Kier molecular flexibility index (Phi) is 3.69. The maximum Gasteiger partial charge on any atom is 0.233 e. The van der Waals surface area contributed by atoms with Gasteiger partial charge in [0.25, 0.3) is 0 Å². The summed E-state index contributed by atoms with van der Waals surface area (Å²) in [6.45, 7) is 3.38. The molecule has 4 heteroatoms. The third-order valence-electron chi connectivity index (χ3n) is 2.40. The van der Waals surface area contributed by atoms with E-state index in [1.165, 1.54) is 0 Å². The van der Waals surface area contributed by atoms with Crippen LogP contribution in [0.3, 0.4) is 0 Å². The Morgan fingerprint density at radius 3 is 2.69 bits per heavy atom. The Hall–Kier alpha value is -0.610. The van der Waals surface area contributed by atoms with Crippen molar-refractivity contribution in [2.45, 2.75) is 31.8 Å². The van der Waals surface area contributed by atoms with E-state index in [2.05, 4.69) is 10.6 Å². The van der Waals surface area contributed by atoms with Gasteiger partial charge in [-0.25, -0.2) is 0 Å². The Balaban J connectivity index is 2.03. The number of carbonyl (C=O) groups excluding carboxylic acids is 1. The van der Waals surface area contributed by atoms with E-state index < -0.39 is 5.60 Å². The van der Waals surface area contributed by atoms with E-state index in [0.717, 1.165) is 19.3 Å². The van der Waals surface area contributed by atoms with Crippen molar-refractivity contribution >= 4 is 5.91 Å². The summed E-state index contributed by atoms with van der Waals surface area (Å²) in [5.41, 5.74) is -0.535. The van der Waals surface area contributed by atoms with Crippen LogP contribution in [0.2, 0.25) is 0 Å². The third kappa shape index (κ3) is 3.32. The second kappa shape index (κ2) is 4.58. The van der Waals surface area contributed by atoms with E-state index >= 15 is 0 Å². The van der Waals surface area contributed by atoms with Crippen LogP contribution in [0.4, 0.5) is 0 Å². The molecule has 0 atom stereocenters. The molecule has 1 saturated carbocycles. The highest BCUT2D eigenvalue weighted by atomic mass is 16.3. The van der Waals surface area contributed by atoms with Gasteiger partial charge in [0, 0.05) is 13.1 Å². The monoisotopic (exact) mass is 186 g/mol. The SMILES string of the molecule is CCNC(=O)CNCC1(O)CCC1. The van der Waals surface area contributed by atoms with Gasteiger partial charge in [0.05, 0.1) is 12.1 Å². The van der Waals surface area contributed by atoms with Crippen LogP contribution in [0.15, 0.2) is 0 Å². The molecule has 1 aliphatic carbocycles. The second-order valence-electron chi connectivity index (χ2n) is 3.63. The van der Waals surface area contributed by atoms with Gasteiger partial charge in [0.2, 0.25) is 5.91 Å². The van der Waals surface area contributed by atoms with Gasteiger partial charge in [-0.05, 0) is 26.2 Å². The quantitative estimate of drug-likeness (QED) is 0.549. The minimum Gasteiger partial charge on any atom is -0.389 e. The molecule has 0 heterocycles. The summed E-state index contributed by atoms with van der Waals surface area (Å²) >= 11 is 0. The molecule has 0 spiro atoms. The maximum atomic E-state index is 11.0. The molecule has 3 N–H and O–H groups in total. The average molecular weight is 186 g/mol. The van der Waals surface area contributed by atoms with Gasteiger partial charge >= 0.3 is 0 Å². The lowest BCUT2D eigenvalue weighted by Gasteiger charge is -2.36. The lowest BCUT2D eigenvalue weighted by Crippen LogP contribution is -2.48. The first-order chi connectivity index (χ1) is 6.16. The zero-order chi connectivity index (χ0) is 9.73. The minimum absolute atomic E-state index is 0.00887. The predicted octanol–water partition coefficient (Wildman–Crippen LogP) is -0.373. The van der Waals surface area contributed by atoms with Crippen molar-refractivity contribution < 1.29 is 9.90 Å². The Bertz CT molecular complexity index is 178. The first-order valence-electron chi connectivity index (χ1n) is 4.86. The minimum atomic E-state index is -0.535. The van der Waals surface area contributed by atoms with Gasteiger partial charge in [-0.1, -0.05) is 0 Å². The van der Waals surface area contributed by atoms with Crippen LogP contribution < -0.4 is 10.6 Å². The molecule has 4 nitrogen and oxygen atoms in total. The van der Waals surface area contributed by atoms with Crippen LogP contribution in [-0.2, 0) is 4.79 Å². The van der Waals surface area contributed by atoms with Crippen molar-refractivity contribution in [1.82, 2.24) is 10.6 Å². The highest BCUT2D eigenvalue weighted by Crippen LogP contribution is 2.30. The number of hydrogen-bond acceptors (Lipinski definition) is 3. The molecule has 0 bridgehead atoms. The average Bonchev–Trinajstić information content (AvgIpc) is 2.02. The molecule has 0 unspecified atom stereocenters. The van der Waals surface area contributed by atoms with Crippen molar-refractivity contribution in [2.75, 3.05) is 19.6 Å². The number of aliphatic hydroxyl groups is 1. The third-order valence-corrected chi connectivity index (χ3v) is 2.40. The molecule has 0 radical (unpaired) electrons. The molecule has 0 saturated heterocycles. The summed E-state index contributed by atoms with van der Waals surface area (Å²) in [6, 6.07) is 0. The fourth-order valence-electron chi connectivity index (χ4n) is 1.43. The number of rotatable bonds is 5. The largest absolute Gasteiger partial charge is 0.389 e. The van der Waals surface area contributed by atoms with Crippen molar-refractivity contribution in [3.63, 3.8) is 0 Å². The predicted molar refractivity (Wildman–Crippen MR) is 50.4 cm³/mol. The van der Waals surface area contributed by atoms with Crippen LogP contribution in [-0.4, -0.2) is 36.2 Å². The fourth-order valence-corrected chi connectivity index (χ4v) is 1.43. The molecule has 0 aromatic rings. The van der Waals surface area contributed by atoms with Crippen LogP contribution in [0.1, 0.15) is 26.2 Å². The molecule has 0 aromatic carbocycles. The zero-order valence-corrected chi connectivity index (χ0v) is 8.10. The first-order valence-corrected chi connectivity index (χ1v) is 4.86. The summed E-state index contributed by atoms with van der Waals surface area (Å²) in [5, 5.41) is 15.3. The van der Waals surface area contributed by atoms with E-state index in [1.54, 1.807) is 0 Å². The van der Waals surface area contributed by atoms with Crippen molar-refractivity contribution in [3.05, 3.63) is 0 Å². The molecule has 1 rings (SSSR count). The van der Waals surface area contributed by atoms with Crippen molar-refractivity contribution in [2.24, 2.45) is 0 Å². The Labute approximate surface area is 78.7 Å². The van der Waals surface area contributed by atoms with E-state index in [0.29, 0.717) is 19.6 Å². The van der Waals surface area contributed by atoms with Crippen LogP contribution in [0.5, 0.6) is 0 Å². The number of carbonyl (C=O) groups is 1. The number of likely N-dealkylation sites (N-methyl/N-ethyl adjacent to an activating group) is 1. The molecular weight excluding hydrogens is 168 g/mol. The summed E-state index contributed by atoms with van der Waals surface area (Å²) in [7, 11) is 0. The van der Waals surface area contributed by atoms with Gasteiger partial charge in [-0.2, -0.15) is 0 Å². The second-order valence-corrected chi connectivity index (χ2v) is 3.63. The van der Waals surface area contributed by atoms with Gasteiger partial charge < -0.3 is 15.7 Å². The lowest BCUT2D eigenvalue weighted by atomic mass is 9.80. The fraction of sp³-hybridized carbons (Fsp3) is 0.889. The van der Waals surface area contributed by atoms with Crippen molar-refractivity contribution in [1.29, 1.82) is 0 Å². The van der Waals surface area contributed by atoms with E-state index in [1.807, 2.05) is 6.92 Å². The van der Waals surface area contributed by atoms with E-state index in [9.17, 15) is 9.90 Å². The summed E-state index contributed by atoms with van der Waals surface area (Å²) in [6.07, 6.45) is 2.81. The van der Waals surface area contributed by atoms with E-state index in [4.69, 9.17) is 0 Å². The van der Waals surface area contributed by atoms with Gasteiger partial charge in [-0.3, -0.25) is 4.79 Å². The smallest absolute Gasteiger partial charge is 0.233 e. The van der Waals surface area contributed by atoms with Gasteiger partial charge in [0.15, 0.2) is 0 Å². The number of hydrogen-bond donors (Lipinski definition) is 3. The summed E-state index contributed by atoms with van der Waals surface area (Å²) in [5.74, 6) is -0.00887. The topological polar surface area (TPSA) is 61.4 Å². The van der Waals surface area contributed by atoms with Gasteiger partial charge in [-0.15, -0.1) is 0 Å². The first kappa shape index (κ1) is 10.5. The standard InChI is InChI=1S/C9H18N2O2/c1-2-11-8(12)6-10-7-9(13)4-3-5-9/h10,13H,2-7H2,1H3,(H,11,12). The van der Waals surface area contributed by atoms with Crippen LogP contribution >= 0.6 is 0 Å². The molecule has 1 aliphatic rings. The highest BCUT2D eigenvalue weighted by Gasteiger charge is 2.33. The Morgan fingerprint density at radius 1 is 1.54 bits per heavy atom. The molecule has 76 valence electrons. The highest BCUT2D eigenvalue weighted by molar-refractivity contribution is 5.77. The molecule has 1 amide bonds. The number of amides is 1.